The molecule has 2 rings (SSSR count). The summed E-state index contributed by atoms with van der Waals surface area (Å²) in [5, 5.41) is 14.0. The van der Waals surface area contributed by atoms with Gasteiger partial charge in [0.2, 0.25) is 5.91 Å². The lowest BCUT2D eigenvalue weighted by molar-refractivity contribution is -0.385. The molecular formula is C20H22N2O7. The van der Waals surface area contributed by atoms with Gasteiger partial charge in [0.25, 0.3) is 5.69 Å². The molecule has 0 bridgehead atoms. The molecule has 2 aromatic rings. The fourth-order valence-electron chi connectivity index (χ4n) is 2.84. The van der Waals surface area contributed by atoms with Crippen LogP contribution in [0.1, 0.15) is 21.5 Å². The van der Waals surface area contributed by atoms with Crippen molar-refractivity contribution >= 4 is 17.6 Å². The van der Waals surface area contributed by atoms with Gasteiger partial charge in [-0.3, -0.25) is 14.9 Å². The van der Waals surface area contributed by atoms with E-state index in [1.165, 1.54) is 33.5 Å². The quantitative estimate of drug-likeness (QED) is 0.388. The number of nitro groups is 1. The van der Waals surface area contributed by atoms with Crippen molar-refractivity contribution in [1.82, 2.24) is 5.32 Å². The summed E-state index contributed by atoms with van der Waals surface area (Å²) in [4.78, 5) is 34.9. The van der Waals surface area contributed by atoms with E-state index in [1.54, 1.807) is 24.3 Å². The molecule has 0 atom stereocenters. The molecule has 9 heteroatoms. The Hall–Kier alpha value is -3.62. The molecular weight excluding hydrogens is 380 g/mol. The highest BCUT2D eigenvalue weighted by molar-refractivity contribution is 5.93. The van der Waals surface area contributed by atoms with E-state index in [0.29, 0.717) is 22.4 Å². The summed E-state index contributed by atoms with van der Waals surface area (Å²) in [7, 11) is 4.11. The van der Waals surface area contributed by atoms with Crippen LogP contribution in [0.3, 0.4) is 0 Å². The lowest BCUT2D eigenvalue weighted by Crippen LogP contribution is -2.28. The molecule has 154 valence electrons. The lowest BCUT2D eigenvalue weighted by Gasteiger charge is -2.11. The Morgan fingerprint density at radius 3 is 2.31 bits per heavy atom. The zero-order chi connectivity index (χ0) is 21.4. The molecule has 0 saturated carbocycles. The van der Waals surface area contributed by atoms with Crippen LogP contribution < -0.4 is 14.8 Å². The van der Waals surface area contributed by atoms with Gasteiger partial charge in [-0.05, 0) is 24.1 Å². The summed E-state index contributed by atoms with van der Waals surface area (Å²) in [5.74, 6) is -0.211. The Morgan fingerprint density at radius 2 is 1.69 bits per heavy atom. The van der Waals surface area contributed by atoms with E-state index < -0.39 is 10.9 Å². The predicted molar refractivity (Wildman–Crippen MR) is 104 cm³/mol. The summed E-state index contributed by atoms with van der Waals surface area (Å²) in [6.07, 6.45) is 0.209. The molecule has 0 heterocycles. The number of esters is 1. The SMILES string of the molecule is COC(=O)c1ccccc1CC(=O)NCCc1cc(OC)c(OC)cc1[N+](=O)[O-]. The molecule has 0 aliphatic carbocycles. The van der Waals surface area contributed by atoms with Gasteiger partial charge in [-0.25, -0.2) is 4.79 Å². The van der Waals surface area contributed by atoms with E-state index in [2.05, 4.69) is 5.32 Å². The number of carbonyl (C=O) groups is 2. The zero-order valence-corrected chi connectivity index (χ0v) is 16.4. The molecule has 0 fully saturated rings. The van der Waals surface area contributed by atoms with Gasteiger partial charge in [0.05, 0.1) is 44.3 Å². The largest absolute Gasteiger partial charge is 0.493 e. The van der Waals surface area contributed by atoms with Crippen LogP contribution in [0.15, 0.2) is 36.4 Å². The maximum atomic E-state index is 12.3. The number of hydrogen-bond donors (Lipinski definition) is 1. The standard InChI is InChI=1S/C20H22N2O7/c1-27-17-10-14(16(22(25)26)12-18(17)28-2)8-9-21-19(23)11-13-6-4-5-7-15(13)20(24)29-3/h4-7,10,12H,8-9,11H2,1-3H3,(H,21,23). The highest BCUT2D eigenvalue weighted by Crippen LogP contribution is 2.34. The van der Waals surface area contributed by atoms with Crippen LogP contribution in [0.4, 0.5) is 5.69 Å². The number of nitrogens with one attached hydrogen (secondary N) is 1. The summed E-state index contributed by atoms with van der Waals surface area (Å²) in [6, 6.07) is 9.48. The van der Waals surface area contributed by atoms with E-state index in [-0.39, 0.29) is 36.7 Å². The second kappa shape index (κ2) is 10.1. The minimum Gasteiger partial charge on any atom is -0.493 e. The van der Waals surface area contributed by atoms with E-state index in [9.17, 15) is 19.7 Å². The third kappa shape index (κ3) is 5.44. The van der Waals surface area contributed by atoms with Crippen molar-refractivity contribution in [3.8, 4) is 11.5 Å². The number of rotatable bonds is 9. The predicted octanol–water partition coefficient (Wildman–Crippen LogP) is 2.30. The van der Waals surface area contributed by atoms with Crippen molar-refractivity contribution in [2.75, 3.05) is 27.9 Å². The molecule has 2 aromatic carbocycles. The molecule has 0 radical (unpaired) electrons. The van der Waals surface area contributed by atoms with E-state index in [0.717, 1.165) is 0 Å². The summed E-state index contributed by atoms with van der Waals surface area (Å²) < 4.78 is 15.0. The molecule has 0 saturated heterocycles. The van der Waals surface area contributed by atoms with Crippen LogP contribution in [-0.2, 0) is 22.4 Å². The Balaban J connectivity index is 2.06. The Morgan fingerprint density at radius 1 is 1.03 bits per heavy atom. The topological polar surface area (TPSA) is 117 Å². The summed E-state index contributed by atoms with van der Waals surface area (Å²) >= 11 is 0. The molecule has 9 nitrogen and oxygen atoms in total. The van der Waals surface area contributed by atoms with Gasteiger partial charge in [0.15, 0.2) is 11.5 Å². The smallest absolute Gasteiger partial charge is 0.338 e. The van der Waals surface area contributed by atoms with Gasteiger partial charge in [-0.1, -0.05) is 18.2 Å². The van der Waals surface area contributed by atoms with Gasteiger partial charge in [0, 0.05) is 12.1 Å². The van der Waals surface area contributed by atoms with Gasteiger partial charge in [-0.2, -0.15) is 0 Å². The second-order valence-electron chi connectivity index (χ2n) is 6.02. The fraction of sp³-hybridized carbons (Fsp3) is 0.300. The fourth-order valence-corrected chi connectivity index (χ4v) is 2.84. The monoisotopic (exact) mass is 402 g/mol. The Labute approximate surface area is 167 Å². The first-order chi connectivity index (χ1) is 13.9. The number of nitrogens with zero attached hydrogens (tertiary/aromatic N) is 1. The second-order valence-corrected chi connectivity index (χ2v) is 6.02. The first-order valence-corrected chi connectivity index (χ1v) is 8.73. The molecule has 1 N–H and O–H groups in total. The number of nitro benzene ring substituents is 1. The van der Waals surface area contributed by atoms with E-state index in [4.69, 9.17) is 14.2 Å². The van der Waals surface area contributed by atoms with Crippen molar-refractivity contribution < 1.29 is 28.7 Å². The third-order valence-electron chi connectivity index (χ3n) is 4.27. The van der Waals surface area contributed by atoms with Crippen LogP contribution in [0.5, 0.6) is 11.5 Å². The normalized spacial score (nSPS) is 10.2. The lowest BCUT2D eigenvalue weighted by atomic mass is 10.0. The van der Waals surface area contributed by atoms with Crippen molar-refractivity contribution in [2.24, 2.45) is 0 Å². The molecule has 0 aliphatic heterocycles. The number of methoxy groups -OCH3 is 3. The van der Waals surface area contributed by atoms with Crippen LogP contribution >= 0.6 is 0 Å². The molecule has 0 aliphatic rings. The number of hydrogen-bond acceptors (Lipinski definition) is 7. The van der Waals surface area contributed by atoms with Gasteiger partial charge >= 0.3 is 5.97 Å². The van der Waals surface area contributed by atoms with Gasteiger partial charge in [0.1, 0.15) is 0 Å². The Kier molecular flexibility index (Phi) is 7.53. The van der Waals surface area contributed by atoms with Crippen LogP contribution in [-0.4, -0.2) is 44.7 Å². The van der Waals surface area contributed by atoms with Crippen molar-refractivity contribution in [2.45, 2.75) is 12.8 Å². The van der Waals surface area contributed by atoms with Gasteiger partial charge < -0.3 is 19.5 Å². The molecule has 0 unspecified atom stereocenters. The Bertz CT molecular complexity index is 912. The first kappa shape index (κ1) is 21.7. The summed E-state index contributed by atoms with van der Waals surface area (Å²) in [6.45, 7) is 0.176. The first-order valence-electron chi connectivity index (χ1n) is 8.73. The third-order valence-corrected chi connectivity index (χ3v) is 4.27. The average molecular weight is 402 g/mol. The maximum Gasteiger partial charge on any atom is 0.338 e. The molecule has 29 heavy (non-hydrogen) atoms. The van der Waals surface area contributed by atoms with Crippen molar-refractivity contribution in [3.63, 3.8) is 0 Å². The highest BCUT2D eigenvalue weighted by Gasteiger charge is 2.20. The zero-order valence-electron chi connectivity index (χ0n) is 16.4. The van der Waals surface area contributed by atoms with Crippen LogP contribution in [0, 0.1) is 10.1 Å². The van der Waals surface area contributed by atoms with Gasteiger partial charge in [-0.15, -0.1) is 0 Å². The summed E-state index contributed by atoms with van der Waals surface area (Å²) in [5.41, 5.74) is 1.14. The van der Waals surface area contributed by atoms with Crippen molar-refractivity contribution in [3.05, 3.63) is 63.2 Å². The number of ether oxygens (including phenoxy) is 3. The number of carbonyl (C=O) groups excluding carboxylic acids is 2. The van der Waals surface area contributed by atoms with Crippen molar-refractivity contribution in [1.29, 1.82) is 0 Å². The maximum absolute atomic E-state index is 12.3. The molecule has 1 amide bonds. The van der Waals surface area contributed by atoms with Crippen LogP contribution in [0.2, 0.25) is 0 Å². The van der Waals surface area contributed by atoms with E-state index in [1.807, 2.05) is 0 Å². The number of benzene rings is 2. The average Bonchev–Trinajstić information content (AvgIpc) is 2.72. The van der Waals surface area contributed by atoms with Crippen LogP contribution in [0.25, 0.3) is 0 Å². The minimum atomic E-state index is -0.519. The van der Waals surface area contributed by atoms with E-state index >= 15 is 0 Å². The molecule has 0 spiro atoms. The number of amides is 1. The highest BCUT2D eigenvalue weighted by atomic mass is 16.6. The molecule has 0 aromatic heterocycles. The minimum absolute atomic E-state index is 0.0146.